The number of rotatable bonds is 7. The van der Waals surface area contributed by atoms with Gasteiger partial charge in [0.2, 0.25) is 5.95 Å². The first-order chi connectivity index (χ1) is 18.4. The monoisotopic (exact) mass is 525 g/mol. The summed E-state index contributed by atoms with van der Waals surface area (Å²) in [4.78, 5) is 36.2. The highest BCUT2D eigenvalue weighted by Crippen LogP contribution is 2.38. The molecule has 4 heterocycles. The summed E-state index contributed by atoms with van der Waals surface area (Å²) in [5, 5.41) is 20.9. The first-order valence-corrected chi connectivity index (χ1v) is 12.8. The average molecular weight is 526 g/mol. The number of urea groups is 1. The molecule has 0 spiro atoms. The number of carbonyl (C=O) groups is 2. The molecule has 0 atom stereocenters. The van der Waals surface area contributed by atoms with Crippen LogP contribution in [0, 0.1) is 0 Å². The quantitative estimate of drug-likeness (QED) is 0.271. The van der Waals surface area contributed by atoms with E-state index < -0.39 is 11.6 Å². The van der Waals surface area contributed by atoms with Crippen LogP contribution in [0.1, 0.15) is 13.8 Å². The average Bonchev–Trinajstić information content (AvgIpc) is 3.65. The molecule has 0 saturated carbocycles. The van der Waals surface area contributed by atoms with Crippen LogP contribution in [0.4, 0.5) is 10.7 Å². The molecule has 5 aromatic rings. The fourth-order valence-corrected chi connectivity index (χ4v) is 5.50. The molecule has 1 saturated heterocycles. The van der Waals surface area contributed by atoms with Gasteiger partial charge in [-0.05, 0) is 53.4 Å². The van der Waals surface area contributed by atoms with E-state index in [2.05, 4.69) is 54.4 Å². The van der Waals surface area contributed by atoms with E-state index in [1.54, 1.807) is 31.4 Å². The van der Waals surface area contributed by atoms with Crippen molar-refractivity contribution in [2.45, 2.75) is 19.4 Å². The number of imide groups is 1. The van der Waals surface area contributed by atoms with E-state index in [0.717, 1.165) is 37.3 Å². The minimum Gasteiger partial charge on any atom is -0.352 e. The standard InChI is InChI=1S/C26H23N9O2S/c1-26(2)23(36)30-25(37)35(26)11-10-27-24-28-14-18(15-7-5-8-17(12-15)22-31-33-34-32-22)21(29-24)20-13-16-6-3-4-9-19(16)38-20/h3-9,12-14H,10-11H2,1-2H3,(H,27,28,29)(H,30,36,37)(H,31,32,33,34). The predicted octanol–water partition coefficient (Wildman–Crippen LogP) is 3.95. The topological polar surface area (TPSA) is 142 Å². The molecular formula is C26H23N9O2S. The van der Waals surface area contributed by atoms with Crippen LogP contribution in [0.25, 0.3) is 43.2 Å². The van der Waals surface area contributed by atoms with Crippen LogP contribution in [0.3, 0.4) is 0 Å². The van der Waals surface area contributed by atoms with E-state index in [9.17, 15) is 9.59 Å². The molecule has 3 aromatic heterocycles. The normalized spacial score (nSPS) is 14.7. The van der Waals surface area contributed by atoms with Crippen molar-refractivity contribution < 1.29 is 9.59 Å². The number of aromatic amines is 1. The van der Waals surface area contributed by atoms with Gasteiger partial charge in [-0.3, -0.25) is 10.1 Å². The van der Waals surface area contributed by atoms with E-state index >= 15 is 0 Å². The summed E-state index contributed by atoms with van der Waals surface area (Å²) in [7, 11) is 0. The van der Waals surface area contributed by atoms with Crippen LogP contribution in [-0.4, -0.2) is 66.1 Å². The van der Waals surface area contributed by atoms with Crippen molar-refractivity contribution in [2.75, 3.05) is 18.4 Å². The molecule has 3 N–H and O–H groups in total. The molecular weight excluding hydrogens is 502 g/mol. The van der Waals surface area contributed by atoms with E-state index in [1.165, 1.54) is 4.90 Å². The highest BCUT2D eigenvalue weighted by atomic mass is 32.1. The van der Waals surface area contributed by atoms with E-state index in [4.69, 9.17) is 4.98 Å². The Bertz CT molecular complexity index is 1630. The highest BCUT2D eigenvalue weighted by molar-refractivity contribution is 7.22. The highest BCUT2D eigenvalue weighted by Gasteiger charge is 2.45. The number of fused-ring (bicyclic) bond motifs is 1. The van der Waals surface area contributed by atoms with Crippen molar-refractivity contribution in [3.8, 4) is 33.1 Å². The summed E-state index contributed by atoms with van der Waals surface area (Å²) in [6.45, 7) is 4.15. The molecule has 0 aliphatic carbocycles. The van der Waals surface area contributed by atoms with Crippen molar-refractivity contribution in [3.05, 3.63) is 60.8 Å². The Labute approximate surface area is 221 Å². The zero-order valence-corrected chi connectivity index (χ0v) is 21.4. The summed E-state index contributed by atoms with van der Waals surface area (Å²) in [5.74, 6) is 0.695. The lowest BCUT2D eigenvalue weighted by atomic mass is 10.0. The number of H-pyrrole nitrogens is 1. The Morgan fingerprint density at radius 3 is 2.66 bits per heavy atom. The Morgan fingerprint density at radius 2 is 1.89 bits per heavy atom. The van der Waals surface area contributed by atoms with Gasteiger partial charge in [0.05, 0.1) is 10.6 Å². The molecule has 38 heavy (non-hydrogen) atoms. The lowest BCUT2D eigenvalue weighted by Gasteiger charge is -2.27. The van der Waals surface area contributed by atoms with Gasteiger partial charge in [-0.25, -0.2) is 19.9 Å². The van der Waals surface area contributed by atoms with Gasteiger partial charge in [-0.1, -0.05) is 36.4 Å². The molecule has 0 radical (unpaired) electrons. The number of anilines is 1. The number of nitrogens with one attached hydrogen (secondary N) is 3. The van der Waals surface area contributed by atoms with Crippen LogP contribution >= 0.6 is 11.3 Å². The number of hydrogen-bond donors (Lipinski definition) is 3. The van der Waals surface area contributed by atoms with E-state index in [-0.39, 0.29) is 5.91 Å². The van der Waals surface area contributed by atoms with Gasteiger partial charge in [0.1, 0.15) is 5.54 Å². The second-order valence-electron chi connectivity index (χ2n) is 9.33. The van der Waals surface area contributed by atoms with Crippen LogP contribution < -0.4 is 10.6 Å². The minimum atomic E-state index is -0.907. The van der Waals surface area contributed by atoms with Crippen LogP contribution in [-0.2, 0) is 4.79 Å². The second kappa shape index (κ2) is 9.30. The van der Waals surface area contributed by atoms with Crippen molar-refractivity contribution in [1.82, 2.24) is 40.8 Å². The summed E-state index contributed by atoms with van der Waals surface area (Å²) < 4.78 is 1.16. The largest absolute Gasteiger partial charge is 0.352 e. The fraction of sp³-hybridized carbons (Fsp3) is 0.192. The summed E-state index contributed by atoms with van der Waals surface area (Å²) in [6.07, 6.45) is 1.79. The van der Waals surface area contributed by atoms with Crippen LogP contribution in [0.2, 0.25) is 0 Å². The van der Waals surface area contributed by atoms with Gasteiger partial charge in [-0.2, -0.15) is 0 Å². The maximum absolute atomic E-state index is 12.2. The summed E-state index contributed by atoms with van der Waals surface area (Å²) in [5.41, 5.74) is 2.51. The van der Waals surface area contributed by atoms with Crippen molar-refractivity contribution in [2.24, 2.45) is 0 Å². The Kier molecular flexibility index (Phi) is 5.80. The molecule has 1 aliphatic heterocycles. The fourth-order valence-electron chi connectivity index (χ4n) is 4.43. The molecule has 3 amide bonds. The Hall–Kier alpha value is -4.71. The van der Waals surface area contributed by atoms with Gasteiger partial charge in [0.15, 0.2) is 5.82 Å². The van der Waals surface area contributed by atoms with Crippen LogP contribution in [0.15, 0.2) is 60.8 Å². The molecule has 2 aromatic carbocycles. The lowest BCUT2D eigenvalue weighted by molar-refractivity contribution is -0.125. The van der Waals surface area contributed by atoms with Crippen molar-refractivity contribution in [3.63, 3.8) is 0 Å². The smallest absolute Gasteiger partial charge is 0.325 e. The lowest BCUT2D eigenvalue weighted by Crippen LogP contribution is -2.46. The zero-order chi connectivity index (χ0) is 26.3. The third-order valence-electron chi connectivity index (χ3n) is 6.55. The van der Waals surface area contributed by atoms with Crippen molar-refractivity contribution >= 4 is 39.3 Å². The Morgan fingerprint density at radius 1 is 1.05 bits per heavy atom. The number of hydrogen-bond acceptors (Lipinski definition) is 9. The first-order valence-electron chi connectivity index (χ1n) is 12.0. The number of aromatic nitrogens is 6. The van der Waals surface area contributed by atoms with Gasteiger partial charge < -0.3 is 10.2 Å². The van der Waals surface area contributed by atoms with Crippen molar-refractivity contribution in [1.29, 1.82) is 0 Å². The van der Waals surface area contributed by atoms with E-state index in [0.29, 0.717) is 24.9 Å². The second-order valence-corrected chi connectivity index (χ2v) is 10.4. The number of thiophene rings is 1. The maximum Gasteiger partial charge on any atom is 0.325 e. The minimum absolute atomic E-state index is 0.307. The Balaban J connectivity index is 1.34. The number of nitrogens with zero attached hydrogens (tertiary/aromatic N) is 6. The first kappa shape index (κ1) is 23.7. The predicted molar refractivity (Wildman–Crippen MR) is 144 cm³/mol. The molecule has 6 rings (SSSR count). The SMILES string of the molecule is CC1(C)C(=O)NC(=O)N1CCNc1ncc(-c2cccc(-c3nnn[nH]3)c2)c(-c2cc3ccccc3s2)n1. The maximum atomic E-state index is 12.2. The molecule has 0 unspecified atom stereocenters. The van der Waals surface area contributed by atoms with Gasteiger partial charge >= 0.3 is 6.03 Å². The summed E-state index contributed by atoms with van der Waals surface area (Å²) in [6, 6.07) is 17.8. The van der Waals surface area contributed by atoms with Gasteiger partial charge in [-0.15, -0.1) is 16.4 Å². The molecule has 190 valence electrons. The number of tetrazole rings is 1. The third kappa shape index (κ3) is 4.24. The molecule has 1 fully saturated rings. The third-order valence-corrected chi connectivity index (χ3v) is 7.68. The zero-order valence-electron chi connectivity index (χ0n) is 20.6. The van der Waals surface area contributed by atoms with Gasteiger partial charge in [0, 0.05) is 35.1 Å². The summed E-state index contributed by atoms with van der Waals surface area (Å²) >= 11 is 1.66. The van der Waals surface area contributed by atoms with Gasteiger partial charge in [0.25, 0.3) is 5.91 Å². The number of benzene rings is 2. The van der Waals surface area contributed by atoms with E-state index in [1.807, 2.05) is 36.4 Å². The number of carbonyl (C=O) groups excluding carboxylic acids is 2. The number of amides is 3. The molecule has 12 heteroatoms. The molecule has 11 nitrogen and oxygen atoms in total. The van der Waals surface area contributed by atoms with Crippen LogP contribution in [0.5, 0.6) is 0 Å². The molecule has 1 aliphatic rings. The molecule has 0 bridgehead atoms.